The number of hydrogen-bond acceptors (Lipinski definition) is 7. The summed E-state index contributed by atoms with van der Waals surface area (Å²) in [6, 6.07) is 8.88. The topological polar surface area (TPSA) is 136 Å². The van der Waals surface area contributed by atoms with E-state index in [4.69, 9.17) is 16.3 Å². The van der Waals surface area contributed by atoms with E-state index >= 15 is 0 Å². The van der Waals surface area contributed by atoms with Crippen LogP contribution in [-0.4, -0.2) is 48.7 Å². The van der Waals surface area contributed by atoms with Crippen LogP contribution in [0.3, 0.4) is 0 Å². The Hall–Kier alpha value is -3.02. The van der Waals surface area contributed by atoms with Crippen molar-refractivity contribution in [2.45, 2.75) is 37.1 Å². The summed E-state index contributed by atoms with van der Waals surface area (Å²) in [5.74, 6) is -1.68. The summed E-state index contributed by atoms with van der Waals surface area (Å²) >= 11 is 5.83. The van der Waals surface area contributed by atoms with Gasteiger partial charge in [0.05, 0.1) is 9.82 Å². The molecule has 0 radical (unpaired) electrons. The fraction of sp³-hybridized carbons (Fsp3) is 0.333. The first-order valence-corrected chi connectivity index (χ1v) is 11.9. The van der Waals surface area contributed by atoms with E-state index in [2.05, 4.69) is 5.32 Å². The zero-order chi connectivity index (χ0) is 24.2. The van der Waals surface area contributed by atoms with Crippen LogP contribution >= 0.6 is 11.6 Å². The Morgan fingerprint density at radius 1 is 1.21 bits per heavy atom. The number of esters is 1. The molecule has 12 heteroatoms. The molecule has 2 aromatic carbocycles. The second-order valence-electron chi connectivity index (χ2n) is 7.51. The van der Waals surface area contributed by atoms with Crippen LogP contribution < -0.4 is 5.32 Å². The van der Waals surface area contributed by atoms with Crippen molar-refractivity contribution in [3.8, 4) is 0 Å². The highest BCUT2D eigenvalue weighted by Crippen LogP contribution is 2.28. The van der Waals surface area contributed by atoms with Crippen molar-refractivity contribution in [1.82, 2.24) is 4.31 Å². The van der Waals surface area contributed by atoms with Crippen LogP contribution in [0.25, 0.3) is 0 Å². The third kappa shape index (κ3) is 5.86. The van der Waals surface area contributed by atoms with Crippen molar-refractivity contribution >= 4 is 44.9 Å². The molecule has 2 aromatic rings. The van der Waals surface area contributed by atoms with E-state index in [0.717, 1.165) is 15.9 Å². The number of nitrogens with zero attached hydrogens (tertiary/aromatic N) is 2. The predicted molar refractivity (Wildman–Crippen MR) is 120 cm³/mol. The van der Waals surface area contributed by atoms with Crippen molar-refractivity contribution in [2.75, 3.05) is 18.5 Å². The number of amides is 1. The van der Waals surface area contributed by atoms with Gasteiger partial charge < -0.3 is 10.1 Å². The first-order chi connectivity index (χ1) is 15.6. The molecule has 1 amide bonds. The number of nitro benzene ring substituents is 1. The summed E-state index contributed by atoms with van der Waals surface area (Å²) < 4.78 is 32.3. The van der Waals surface area contributed by atoms with E-state index in [-0.39, 0.29) is 34.3 Å². The molecule has 1 saturated heterocycles. The van der Waals surface area contributed by atoms with Crippen LogP contribution in [0.15, 0.2) is 47.4 Å². The maximum atomic E-state index is 13.1. The number of nitro groups is 1. The molecule has 1 N–H and O–H groups in total. The van der Waals surface area contributed by atoms with Crippen LogP contribution in [0.4, 0.5) is 11.4 Å². The van der Waals surface area contributed by atoms with Crippen molar-refractivity contribution < 1.29 is 27.7 Å². The number of hydrogen-bond donors (Lipinski definition) is 1. The van der Waals surface area contributed by atoms with Crippen LogP contribution in [0, 0.1) is 17.0 Å². The molecule has 1 fully saturated rings. The molecule has 0 aliphatic carbocycles. The highest BCUT2D eigenvalue weighted by Gasteiger charge is 2.38. The number of nitrogens with one attached hydrogen (secondary N) is 1. The number of piperidine rings is 1. The minimum Gasteiger partial charge on any atom is -0.454 e. The number of ether oxygens (including phenoxy) is 1. The molecule has 3 rings (SSSR count). The molecular formula is C21H22ClN3O7S. The SMILES string of the molecule is Cc1ccc(S(=O)(=O)N2CCCCC2C(=O)OCC(=O)Nc2cc(Cl)ccc2[N+](=O)[O-])cc1. The molecular weight excluding hydrogens is 474 g/mol. The zero-order valence-electron chi connectivity index (χ0n) is 17.7. The van der Waals surface area contributed by atoms with Gasteiger partial charge in [-0.3, -0.25) is 19.7 Å². The standard InChI is InChI=1S/C21H22ClN3O7S/c1-14-5-8-16(9-6-14)33(30,31)24-11-3-2-4-19(24)21(27)32-13-20(26)23-17-12-15(22)7-10-18(17)25(28)29/h5-10,12,19H,2-4,11,13H2,1H3,(H,23,26). The second kappa shape index (κ2) is 10.3. The van der Waals surface area contributed by atoms with E-state index in [1.807, 2.05) is 6.92 Å². The molecule has 33 heavy (non-hydrogen) atoms. The molecule has 1 heterocycles. The van der Waals surface area contributed by atoms with Crippen LogP contribution in [0.2, 0.25) is 5.02 Å². The number of anilines is 1. The lowest BCUT2D eigenvalue weighted by Gasteiger charge is -2.33. The van der Waals surface area contributed by atoms with Gasteiger partial charge in [0.2, 0.25) is 10.0 Å². The first-order valence-electron chi connectivity index (χ1n) is 10.1. The number of benzene rings is 2. The van der Waals surface area contributed by atoms with Crippen molar-refractivity contribution in [2.24, 2.45) is 0 Å². The molecule has 0 spiro atoms. The second-order valence-corrected chi connectivity index (χ2v) is 9.84. The third-order valence-corrected chi connectivity index (χ3v) is 7.29. The first kappa shape index (κ1) is 24.6. The summed E-state index contributed by atoms with van der Waals surface area (Å²) in [6.07, 6.45) is 1.47. The van der Waals surface area contributed by atoms with Gasteiger partial charge in [-0.05, 0) is 50.5 Å². The Labute approximate surface area is 195 Å². The normalized spacial score (nSPS) is 16.7. The van der Waals surface area contributed by atoms with Crippen molar-refractivity contribution in [1.29, 1.82) is 0 Å². The maximum Gasteiger partial charge on any atom is 0.324 e. The average Bonchev–Trinajstić information content (AvgIpc) is 2.77. The van der Waals surface area contributed by atoms with Gasteiger partial charge in [-0.25, -0.2) is 8.42 Å². The smallest absolute Gasteiger partial charge is 0.324 e. The van der Waals surface area contributed by atoms with Gasteiger partial charge in [0, 0.05) is 17.6 Å². The minimum absolute atomic E-state index is 0.0683. The number of carbonyl (C=O) groups is 2. The molecule has 1 aliphatic rings. The van der Waals surface area contributed by atoms with E-state index < -0.39 is 39.5 Å². The van der Waals surface area contributed by atoms with Gasteiger partial charge in [-0.1, -0.05) is 29.3 Å². The minimum atomic E-state index is -3.94. The highest BCUT2D eigenvalue weighted by molar-refractivity contribution is 7.89. The number of sulfonamides is 1. The molecule has 10 nitrogen and oxygen atoms in total. The lowest BCUT2D eigenvalue weighted by molar-refractivity contribution is -0.383. The molecule has 0 saturated carbocycles. The number of carbonyl (C=O) groups excluding carboxylic acids is 2. The summed E-state index contributed by atoms with van der Waals surface area (Å²) in [7, 11) is -3.94. The van der Waals surface area contributed by atoms with Gasteiger partial charge in [-0.2, -0.15) is 4.31 Å². The van der Waals surface area contributed by atoms with Crippen molar-refractivity contribution in [3.05, 3.63) is 63.2 Å². The summed E-state index contributed by atoms with van der Waals surface area (Å²) in [6.45, 7) is 1.24. The Kier molecular flexibility index (Phi) is 7.67. The fourth-order valence-electron chi connectivity index (χ4n) is 3.46. The average molecular weight is 496 g/mol. The van der Waals surface area contributed by atoms with E-state index in [1.54, 1.807) is 12.1 Å². The lowest BCUT2D eigenvalue weighted by Crippen LogP contribution is -2.48. The van der Waals surface area contributed by atoms with Crippen LogP contribution in [0.5, 0.6) is 0 Å². The van der Waals surface area contributed by atoms with E-state index in [1.165, 1.54) is 24.3 Å². The zero-order valence-corrected chi connectivity index (χ0v) is 19.3. The third-order valence-electron chi connectivity index (χ3n) is 5.13. The number of halogens is 1. The quantitative estimate of drug-likeness (QED) is 0.353. The van der Waals surface area contributed by atoms with Crippen LogP contribution in [0.1, 0.15) is 24.8 Å². The summed E-state index contributed by atoms with van der Waals surface area (Å²) in [5, 5.41) is 13.6. The fourth-order valence-corrected chi connectivity index (χ4v) is 5.28. The van der Waals surface area contributed by atoms with Crippen molar-refractivity contribution in [3.63, 3.8) is 0 Å². The highest BCUT2D eigenvalue weighted by atomic mass is 35.5. The maximum absolute atomic E-state index is 13.1. The van der Waals surface area contributed by atoms with Gasteiger partial charge in [0.25, 0.3) is 11.6 Å². The molecule has 1 atom stereocenters. The molecule has 0 bridgehead atoms. The Balaban J connectivity index is 1.69. The molecule has 1 aliphatic heterocycles. The molecule has 0 aromatic heterocycles. The Morgan fingerprint density at radius 2 is 1.91 bits per heavy atom. The number of rotatable bonds is 7. The van der Waals surface area contributed by atoms with E-state index in [0.29, 0.717) is 12.8 Å². The molecule has 176 valence electrons. The van der Waals surface area contributed by atoms with Gasteiger partial charge >= 0.3 is 5.97 Å². The molecule has 1 unspecified atom stereocenters. The van der Waals surface area contributed by atoms with E-state index in [9.17, 15) is 28.1 Å². The largest absolute Gasteiger partial charge is 0.454 e. The van der Waals surface area contributed by atoms with Gasteiger partial charge in [-0.15, -0.1) is 0 Å². The monoisotopic (exact) mass is 495 g/mol. The van der Waals surface area contributed by atoms with Crippen LogP contribution in [-0.2, 0) is 24.3 Å². The Morgan fingerprint density at radius 3 is 2.58 bits per heavy atom. The predicted octanol–water partition coefficient (Wildman–Crippen LogP) is 3.28. The number of aryl methyl sites for hydroxylation is 1. The van der Waals surface area contributed by atoms with Gasteiger partial charge in [0.15, 0.2) is 6.61 Å². The lowest BCUT2D eigenvalue weighted by atomic mass is 10.1. The summed E-state index contributed by atoms with van der Waals surface area (Å²) in [4.78, 5) is 35.4. The Bertz CT molecular complexity index is 1170. The summed E-state index contributed by atoms with van der Waals surface area (Å²) in [5.41, 5.74) is 0.381. The van der Waals surface area contributed by atoms with Gasteiger partial charge in [0.1, 0.15) is 11.7 Å².